The first-order chi connectivity index (χ1) is 13.3. The summed E-state index contributed by atoms with van der Waals surface area (Å²) >= 11 is 1.72. The van der Waals surface area contributed by atoms with Gasteiger partial charge in [-0.05, 0) is 37.1 Å². The van der Waals surface area contributed by atoms with E-state index >= 15 is 0 Å². The van der Waals surface area contributed by atoms with E-state index in [1.165, 1.54) is 64.2 Å². The number of nitrogens with zero attached hydrogens (tertiary/aromatic N) is 2. The van der Waals surface area contributed by atoms with Crippen LogP contribution in [0, 0.1) is 0 Å². The topological polar surface area (TPSA) is 35.0 Å². The third-order valence-corrected chi connectivity index (χ3v) is 5.86. The first-order valence-electron chi connectivity index (χ1n) is 10.9. The van der Waals surface area contributed by atoms with E-state index in [1.807, 2.05) is 0 Å². The van der Waals surface area contributed by atoms with Crippen LogP contribution in [-0.4, -0.2) is 16.8 Å². The highest BCUT2D eigenvalue weighted by molar-refractivity contribution is 7.14. The molecule has 0 aliphatic carbocycles. The molecule has 1 aromatic carbocycles. The van der Waals surface area contributed by atoms with E-state index in [-0.39, 0.29) is 0 Å². The van der Waals surface area contributed by atoms with E-state index in [1.54, 1.807) is 11.3 Å². The minimum Gasteiger partial charge on any atom is -0.494 e. The van der Waals surface area contributed by atoms with Crippen LogP contribution < -0.4 is 4.74 Å². The normalized spacial score (nSPS) is 11.0. The summed E-state index contributed by atoms with van der Waals surface area (Å²) < 4.78 is 5.87. The van der Waals surface area contributed by atoms with Gasteiger partial charge in [0.05, 0.1) is 6.61 Å². The largest absolute Gasteiger partial charge is 0.494 e. The zero-order chi connectivity index (χ0) is 19.2. The molecule has 0 atom stereocenters. The number of hydrogen-bond acceptors (Lipinski definition) is 4. The molecular formula is C23H36N2OS. The van der Waals surface area contributed by atoms with E-state index in [4.69, 9.17) is 4.74 Å². The average molecular weight is 389 g/mol. The number of hydrogen-bond donors (Lipinski definition) is 0. The van der Waals surface area contributed by atoms with Crippen molar-refractivity contribution in [3.05, 3.63) is 29.3 Å². The molecule has 0 aliphatic rings. The predicted molar refractivity (Wildman–Crippen MR) is 117 cm³/mol. The molecule has 0 aliphatic heterocycles. The van der Waals surface area contributed by atoms with Gasteiger partial charge in [0.15, 0.2) is 0 Å². The molecule has 0 radical (unpaired) electrons. The highest BCUT2D eigenvalue weighted by Crippen LogP contribution is 2.26. The molecule has 150 valence electrons. The number of unbranched alkanes of at least 4 members (excludes halogenated alkanes) is 9. The molecule has 0 saturated carbocycles. The van der Waals surface area contributed by atoms with E-state index in [0.29, 0.717) is 0 Å². The molecule has 0 unspecified atom stereocenters. The second-order valence-corrected chi connectivity index (χ2v) is 8.37. The Kier molecular flexibility index (Phi) is 11.1. The monoisotopic (exact) mass is 388 g/mol. The Hall–Kier alpha value is -1.42. The highest BCUT2D eigenvalue weighted by atomic mass is 32.1. The summed E-state index contributed by atoms with van der Waals surface area (Å²) in [5.74, 6) is 0.953. The summed E-state index contributed by atoms with van der Waals surface area (Å²) in [5.41, 5.74) is 1.13. The van der Waals surface area contributed by atoms with Crippen molar-refractivity contribution in [1.82, 2.24) is 10.2 Å². The van der Waals surface area contributed by atoms with Gasteiger partial charge < -0.3 is 4.74 Å². The molecular weight excluding hydrogens is 352 g/mol. The van der Waals surface area contributed by atoms with Gasteiger partial charge in [-0.1, -0.05) is 83.0 Å². The zero-order valence-electron chi connectivity index (χ0n) is 17.2. The van der Waals surface area contributed by atoms with Crippen LogP contribution in [0.5, 0.6) is 5.75 Å². The number of rotatable bonds is 15. The third kappa shape index (κ3) is 8.87. The fourth-order valence-corrected chi connectivity index (χ4v) is 4.00. The van der Waals surface area contributed by atoms with Crippen LogP contribution in [-0.2, 0) is 6.42 Å². The molecule has 0 N–H and O–H groups in total. The van der Waals surface area contributed by atoms with E-state index in [2.05, 4.69) is 48.3 Å². The SMILES string of the molecule is CCCCCCCCCOc1ccc(-c2nnc(CCCCCC)s2)cc1. The average Bonchev–Trinajstić information content (AvgIpc) is 3.17. The molecule has 3 nitrogen and oxygen atoms in total. The van der Waals surface area contributed by atoms with Crippen LogP contribution in [0.2, 0.25) is 0 Å². The van der Waals surface area contributed by atoms with Gasteiger partial charge in [0, 0.05) is 12.0 Å². The van der Waals surface area contributed by atoms with Crippen molar-refractivity contribution in [2.24, 2.45) is 0 Å². The quantitative estimate of drug-likeness (QED) is 0.297. The Morgan fingerprint density at radius 2 is 1.37 bits per heavy atom. The summed E-state index contributed by atoms with van der Waals surface area (Å²) in [6, 6.07) is 8.31. The number of aromatic nitrogens is 2. The van der Waals surface area contributed by atoms with Gasteiger partial charge in [-0.3, -0.25) is 0 Å². The van der Waals surface area contributed by atoms with E-state index in [9.17, 15) is 0 Å². The minimum atomic E-state index is 0.813. The first kappa shape index (κ1) is 21.9. The van der Waals surface area contributed by atoms with E-state index < -0.39 is 0 Å². The Morgan fingerprint density at radius 3 is 2.07 bits per heavy atom. The molecule has 0 saturated heterocycles. The van der Waals surface area contributed by atoms with Crippen LogP contribution in [0.25, 0.3) is 10.6 Å². The molecule has 2 aromatic rings. The van der Waals surface area contributed by atoms with Crippen molar-refractivity contribution in [2.75, 3.05) is 6.61 Å². The standard InChI is InChI=1S/C23H36N2OS/c1-3-5-7-9-10-11-13-19-26-21-17-15-20(16-18-21)23-25-24-22(27-23)14-12-8-6-4-2/h15-18H,3-14,19H2,1-2H3. The van der Waals surface area contributed by atoms with Crippen molar-refractivity contribution in [3.63, 3.8) is 0 Å². The zero-order valence-corrected chi connectivity index (χ0v) is 18.0. The van der Waals surface area contributed by atoms with Crippen molar-refractivity contribution in [1.29, 1.82) is 0 Å². The maximum Gasteiger partial charge on any atom is 0.147 e. The minimum absolute atomic E-state index is 0.813. The molecule has 1 aromatic heterocycles. The second kappa shape index (κ2) is 13.7. The number of benzene rings is 1. The lowest BCUT2D eigenvalue weighted by Crippen LogP contribution is -1.97. The Balaban J connectivity index is 1.66. The predicted octanol–water partition coefficient (Wildman–Crippen LogP) is 7.46. The van der Waals surface area contributed by atoms with Gasteiger partial charge in [0.25, 0.3) is 0 Å². The van der Waals surface area contributed by atoms with Crippen molar-refractivity contribution >= 4 is 11.3 Å². The van der Waals surface area contributed by atoms with Gasteiger partial charge >= 0.3 is 0 Å². The van der Waals surface area contributed by atoms with Crippen molar-refractivity contribution in [3.8, 4) is 16.3 Å². The molecule has 0 bridgehead atoms. The lowest BCUT2D eigenvalue weighted by molar-refractivity contribution is 0.304. The summed E-state index contributed by atoms with van der Waals surface area (Å²) in [6.07, 6.45) is 15.3. The van der Waals surface area contributed by atoms with Crippen LogP contribution in [0.3, 0.4) is 0 Å². The molecule has 1 heterocycles. The van der Waals surface area contributed by atoms with Crippen molar-refractivity contribution in [2.45, 2.75) is 90.9 Å². The molecule has 2 rings (SSSR count). The maximum absolute atomic E-state index is 5.87. The molecule has 4 heteroatoms. The summed E-state index contributed by atoms with van der Waals surface area (Å²) in [7, 11) is 0. The second-order valence-electron chi connectivity index (χ2n) is 7.31. The fourth-order valence-electron chi connectivity index (χ4n) is 3.12. The lowest BCUT2D eigenvalue weighted by Gasteiger charge is -2.06. The number of aryl methyl sites for hydroxylation is 1. The summed E-state index contributed by atoms with van der Waals surface area (Å²) in [5, 5.41) is 10.9. The lowest BCUT2D eigenvalue weighted by atomic mass is 10.1. The van der Waals surface area contributed by atoms with Crippen LogP contribution in [0.1, 0.15) is 89.5 Å². The van der Waals surface area contributed by atoms with Gasteiger partial charge in [-0.15, -0.1) is 10.2 Å². The van der Waals surface area contributed by atoms with Gasteiger partial charge in [-0.25, -0.2) is 0 Å². The van der Waals surface area contributed by atoms with Crippen molar-refractivity contribution < 1.29 is 4.74 Å². The van der Waals surface area contributed by atoms with Gasteiger partial charge in [-0.2, -0.15) is 0 Å². The van der Waals surface area contributed by atoms with Crippen LogP contribution in [0.15, 0.2) is 24.3 Å². The molecule has 27 heavy (non-hydrogen) atoms. The number of ether oxygens (including phenoxy) is 1. The van der Waals surface area contributed by atoms with Gasteiger partial charge in [0.2, 0.25) is 0 Å². The maximum atomic E-state index is 5.87. The molecule has 0 fully saturated rings. The summed E-state index contributed by atoms with van der Waals surface area (Å²) in [4.78, 5) is 0. The Bertz CT molecular complexity index is 609. The van der Waals surface area contributed by atoms with E-state index in [0.717, 1.165) is 40.8 Å². The smallest absolute Gasteiger partial charge is 0.147 e. The van der Waals surface area contributed by atoms with Crippen LogP contribution in [0.4, 0.5) is 0 Å². The third-order valence-electron chi connectivity index (χ3n) is 4.83. The fraction of sp³-hybridized carbons (Fsp3) is 0.652. The Labute approximate surface area is 169 Å². The van der Waals surface area contributed by atoms with Gasteiger partial charge in [0.1, 0.15) is 15.8 Å². The van der Waals surface area contributed by atoms with Crippen LogP contribution >= 0.6 is 11.3 Å². The molecule has 0 spiro atoms. The summed E-state index contributed by atoms with van der Waals surface area (Å²) in [6.45, 7) is 5.32. The Morgan fingerprint density at radius 1 is 0.741 bits per heavy atom. The highest BCUT2D eigenvalue weighted by Gasteiger charge is 2.07. The molecule has 0 amide bonds. The first-order valence-corrected chi connectivity index (χ1v) is 11.7.